The zero-order chi connectivity index (χ0) is 14.1. The number of piperidine rings is 1. The molecule has 2 aliphatic heterocycles. The van der Waals surface area contributed by atoms with Crippen LogP contribution in [0.5, 0.6) is 0 Å². The Morgan fingerprint density at radius 3 is 2.90 bits per heavy atom. The molecule has 112 valence electrons. The lowest BCUT2D eigenvalue weighted by molar-refractivity contribution is 0.235. The predicted octanol–water partition coefficient (Wildman–Crippen LogP) is 3.20. The molecule has 0 saturated carbocycles. The van der Waals surface area contributed by atoms with Crippen LogP contribution in [0.2, 0.25) is 0 Å². The summed E-state index contributed by atoms with van der Waals surface area (Å²) in [4.78, 5) is 0. The fourth-order valence-corrected chi connectivity index (χ4v) is 4.04. The third-order valence-electron chi connectivity index (χ3n) is 4.45. The predicted molar refractivity (Wildman–Crippen MR) is 86.2 cm³/mol. The van der Waals surface area contributed by atoms with Gasteiger partial charge in [0.05, 0.1) is 16.2 Å². The molecule has 1 aromatic rings. The maximum atomic E-state index is 4.93. The summed E-state index contributed by atoms with van der Waals surface area (Å²) in [5, 5.41) is 12.0. The van der Waals surface area contributed by atoms with Gasteiger partial charge < -0.3 is 10.6 Å². The summed E-state index contributed by atoms with van der Waals surface area (Å²) in [6.45, 7) is 7.88. The van der Waals surface area contributed by atoms with Gasteiger partial charge in [0.15, 0.2) is 0 Å². The number of aromatic nitrogens is 2. The van der Waals surface area contributed by atoms with Crippen LogP contribution >= 0.6 is 15.9 Å². The molecule has 3 heterocycles. The van der Waals surface area contributed by atoms with E-state index in [1.54, 1.807) is 0 Å². The molecule has 0 radical (unpaired) electrons. The van der Waals surface area contributed by atoms with E-state index < -0.39 is 0 Å². The van der Waals surface area contributed by atoms with Crippen molar-refractivity contribution < 1.29 is 0 Å². The van der Waals surface area contributed by atoms with Gasteiger partial charge in [-0.2, -0.15) is 5.10 Å². The van der Waals surface area contributed by atoms with Gasteiger partial charge in [0.2, 0.25) is 0 Å². The van der Waals surface area contributed by atoms with Crippen LogP contribution < -0.4 is 10.6 Å². The highest BCUT2D eigenvalue weighted by atomic mass is 79.9. The van der Waals surface area contributed by atoms with Crippen molar-refractivity contribution in [3.8, 4) is 0 Å². The van der Waals surface area contributed by atoms with Crippen LogP contribution in [0.3, 0.4) is 0 Å². The number of fused-ring (bicyclic) bond motifs is 1. The minimum Gasteiger partial charge on any atom is -0.369 e. The number of halogens is 1. The lowest BCUT2D eigenvalue weighted by Crippen LogP contribution is -2.38. The van der Waals surface area contributed by atoms with Gasteiger partial charge in [-0.3, -0.25) is 0 Å². The summed E-state index contributed by atoms with van der Waals surface area (Å²) in [5.41, 5.74) is 1.21. The van der Waals surface area contributed by atoms with E-state index >= 15 is 0 Å². The van der Waals surface area contributed by atoms with Gasteiger partial charge in [0.25, 0.3) is 0 Å². The molecule has 0 bridgehead atoms. The molecule has 2 N–H and O–H groups in total. The van der Waals surface area contributed by atoms with Crippen molar-refractivity contribution in [2.24, 2.45) is 11.8 Å². The van der Waals surface area contributed by atoms with Gasteiger partial charge in [-0.15, -0.1) is 0 Å². The first-order chi connectivity index (χ1) is 9.66. The van der Waals surface area contributed by atoms with E-state index in [0.717, 1.165) is 25.4 Å². The monoisotopic (exact) mass is 340 g/mol. The average molecular weight is 341 g/mol. The van der Waals surface area contributed by atoms with Crippen molar-refractivity contribution in [3.05, 3.63) is 10.2 Å². The summed E-state index contributed by atoms with van der Waals surface area (Å²) < 4.78 is 3.45. The smallest absolute Gasteiger partial charge is 0.139 e. The summed E-state index contributed by atoms with van der Waals surface area (Å²) in [6.07, 6.45) is 4.85. The number of rotatable bonds is 3. The molecule has 5 heteroatoms. The summed E-state index contributed by atoms with van der Waals surface area (Å²) in [5.74, 6) is 2.56. The minimum atomic E-state index is 0.552. The fraction of sp³-hybridized carbons (Fsp3) is 0.800. The van der Waals surface area contributed by atoms with E-state index in [1.807, 2.05) is 0 Å². The maximum Gasteiger partial charge on any atom is 0.139 e. The molecule has 0 aromatic carbocycles. The first-order valence-corrected chi connectivity index (χ1v) is 8.67. The number of nitrogens with zero attached hydrogens (tertiary/aromatic N) is 2. The Hall–Kier alpha value is -0.550. The maximum absolute atomic E-state index is 4.93. The Labute approximate surface area is 129 Å². The molecule has 1 fully saturated rings. The summed E-state index contributed by atoms with van der Waals surface area (Å²) in [7, 11) is 0. The average Bonchev–Trinajstić information content (AvgIpc) is 2.76. The van der Waals surface area contributed by atoms with Crippen molar-refractivity contribution in [1.82, 2.24) is 15.1 Å². The molecule has 0 amide bonds. The van der Waals surface area contributed by atoms with Gasteiger partial charge in [0, 0.05) is 6.54 Å². The zero-order valence-corrected chi connectivity index (χ0v) is 14.0. The Kier molecular flexibility index (Phi) is 4.36. The van der Waals surface area contributed by atoms with Crippen molar-refractivity contribution >= 4 is 21.7 Å². The molecule has 0 spiro atoms. The minimum absolute atomic E-state index is 0.552. The Morgan fingerprint density at radius 2 is 2.20 bits per heavy atom. The normalized spacial score (nSPS) is 26.4. The topological polar surface area (TPSA) is 41.9 Å². The molecule has 3 rings (SSSR count). The molecule has 2 unspecified atom stereocenters. The van der Waals surface area contributed by atoms with E-state index in [1.165, 1.54) is 41.8 Å². The van der Waals surface area contributed by atoms with E-state index in [9.17, 15) is 0 Å². The second kappa shape index (κ2) is 6.06. The molecular weight excluding hydrogens is 316 g/mol. The number of nitrogens with one attached hydrogen (secondary N) is 2. The summed E-state index contributed by atoms with van der Waals surface area (Å²) >= 11 is 3.76. The summed E-state index contributed by atoms with van der Waals surface area (Å²) in [6, 6.07) is 0.552. The quantitative estimate of drug-likeness (QED) is 0.887. The van der Waals surface area contributed by atoms with Crippen molar-refractivity contribution in [3.63, 3.8) is 0 Å². The van der Waals surface area contributed by atoms with Crippen LogP contribution in [-0.2, 0) is 6.42 Å². The molecular formula is C15H25BrN4. The lowest BCUT2D eigenvalue weighted by Gasteiger charge is -2.34. The molecule has 2 atom stereocenters. The fourth-order valence-electron chi connectivity index (χ4n) is 3.48. The first-order valence-electron chi connectivity index (χ1n) is 7.88. The Balaban J connectivity index is 1.87. The van der Waals surface area contributed by atoms with Crippen LogP contribution in [0.15, 0.2) is 4.47 Å². The molecule has 1 saturated heterocycles. The van der Waals surface area contributed by atoms with E-state index in [4.69, 9.17) is 5.10 Å². The number of hydrogen-bond donors (Lipinski definition) is 2. The van der Waals surface area contributed by atoms with E-state index in [2.05, 4.69) is 45.1 Å². The van der Waals surface area contributed by atoms with Gasteiger partial charge in [-0.05, 0) is 66.5 Å². The highest BCUT2D eigenvalue weighted by Gasteiger charge is 2.31. The number of anilines is 1. The van der Waals surface area contributed by atoms with Crippen LogP contribution in [0, 0.1) is 11.8 Å². The lowest BCUT2D eigenvalue weighted by atomic mass is 9.89. The molecule has 2 aliphatic rings. The van der Waals surface area contributed by atoms with Crippen LogP contribution in [0.1, 0.15) is 44.8 Å². The first kappa shape index (κ1) is 14.4. The molecule has 4 nitrogen and oxygen atoms in total. The molecule has 1 aromatic heterocycles. The van der Waals surface area contributed by atoms with Crippen molar-refractivity contribution in [2.45, 2.75) is 45.6 Å². The SMILES string of the molecule is CC(C)Cc1nn2c(c1Br)NCCC2C1CCCNC1. The van der Waals surface area contributed by atoms with Crippen LogP contribution in [0.4, 0.5) is 5.82 Å². The Morgan fingerprint density at radius 1 is 1.35 bits per heavy atom. The van der Waals surface area contributed by atoms with Crippen LogP contribution in [-0.4, -0.2) is 29.4 Å². The number of hydrogen-bond acceptors (Lipinski definition) is 3. The van der Waals surface area contributed by atoms with Gasteiger partial charge in [-0.25, -0.2) is 4.68 Å². The van der Waals surface area contributed by atoms with Crippen molar-refractivity contribution in [1.29, 1.82) is 0 Å². The molecule has 0 aliphatic carbocycles. The second-order valence-corrected chi connectivity index (χ2v) is 7.33. The second-order valence-electron chi connectivity index (χ2n) is 6.54. The van der Waals surface area contributed by atoms with Gasteiger partial charge in [0.1, 0.15) is 5.82 Å². The third kappa shape index (κ3) is 2.75. The zero-order valence-electron chi connectivity index (χ0n) is 12.5. The largest absolute Gasteiger partial charge is 0.369 e. The van der Waals surface area contributed by atoms with E-state index in [0.29, 0.717) is 12.0 Å². The highest BCUT2D eigenvalue weighted by molar-refractivity contribution is 9.10. The van der Waals surface area contributed by atoms with E-state index in [-0.39, 0.29) is 0 Å². The Bertz CT molecular complexity index is 463. The highest BCUT2D eigenvalue weighted by Crippen LogP contribution is 2.38. The van der Waals surface area contributed by atoms with Gasteiger partial charge >= 0.3 is 0 Å². The van der Waals surface area contributed by atoms with Crippen molar-refractivity contribution in [2.75, 3.05) is 25.0 Å². The standard InChI is InChI=1S/C15H25BrN4/c1-10(2)8-12-14(16)15-18-7-5-13(20(15)19-12)11-4-3-6-17-9-11/h10-11,13,17-18H,3-9H2,1-2H3. The molecule has 20 heavy (non-hydrogen) atoms. The van der Waals surface area contributed by atoms with Crippen LogP contribution in [0.25, 0.3) is 0 Å². The van der Waals surface area contributed by atoms with Gasteiger partial charge in [-0.1, -0.05) is 13.8 Å². The third-order valence-corrected chi connectivity index (χ3v) is 5.28.